The van der Waals surface area contributed by atoms with Gasteiger partial charge < -0.3 is 10.6 Å². The molecule has 2 aromatic rings. The summed E-state index contributed by atoms with van der Waals surface area (Å²) >= 11 is 12.1. The zero-order chi connectivity index (χ0) is 18.0. The Morgan fingerprint density at radius 3 is 2.84 bits per heavy atom. The minimum absolute atomic E-state index is 0.0218. The van der Waals surface area contributed by atoms with Crippen LogP contribution in [0.15, 0.2) is 18.2 Å². The molecule has 1 aromatic heterocycles. The van der Waals surface area contributed by atoms with Gasteiger partial charge in [-0.3, -0.25) is 4.79 Å². The van der Waals surface area contributed by atoms with Crippen molar-refractivity contribution in [2.24, 2.45) is 0 Å². The van der Waals surface area contributed by atoms with E-state index in [9.17, 15) is 4.79 Å². The highest BCUT2D eigenvalue weighted by Crippen LogP contribution is 2.26. The van der Waals surface area contributed by atoms with Crippen molar-refractivity contribution in [1.29, 1.82) is 0 Å². The van der Waals surface area contributed by atoms with Gasteiger partial charge in [0.05, 0.1) is 27.8 Å². The Labute approximate surface area is 157 Å². The lowest BCUT2D eigenvalue weighted by Crippen LogP contribution is -2.37. The third-order valence-corrected chi connectivity index (χ3v) is 5.37. The van der Waals surface area contributed by atoms with Crippen molar-refractivity contribution in [3.05, 3.63) is 45.2 Å². The molecular weight excluding hydrogens is 359 g/mol. The largest absolute Gasteiger partial charge is 0.354 e. The quantitative estimate of drug-likeness (QED) is 0.836. The lowest BCUT2D eigenvalue weighted by molar-refractivity contribution is -0.120. The van der Waals surface area contributed by atoms with Crippen molar-refractivity contribution in [2.45, 2.75) is 39.2 Å². The fourth-order valence-corrected chi connectivity index (χ4v) is 3.48. The topological polar surface area (TPSA) is 59.0 Å². The maximum Gasteiger partial charge on any atom is 0.224 e. The second kappa shape index (κ2) is 7.77. The first-order valence-electron chi connectivity index (χ1n) is 8.46. The highest BCUT2D eigenvalue weighted by molar-refractivity contribution is 6.42. The fourth-order valence-electron chi connectivity index (χ4n) is 3.19. The summed E-state index contributed by atoms with van der Waals surface area (Å²) in [5.74, 6) is 0.0218. The SMILES string of the molecule is Cc1nn(-c2ccc(Cl)c(Cl)c2)c(C)c1CC(=O)NCC1CCCN1. The Morgan fingerprint density at radius 2 is 2.16 bits per heavy atom. The Bertz CT molecular complexity index is 782. The standard InChI is InChI=1S/C18H22Cl2N4O/c1-11-15(9-18(25)22-10-13-4-3-7-21-13)12(2)24(23-11)14-5-6-16(19)17(20)8-14/h5-6,8,13,21H,3-4,7,9-10H2,1-2H3,(H,22,25). The summed E-state index contributed by atoms with van der Waals surface area (Å²) < 4.78 is 1.80. The van der Waals surface area contributed by atoms with E-state index < -0.39 is 0 Å². The number of hydrogen-bond donors (Lipinski definition) is 2. The van der Waals surface area contributed by atoms with E-state index in [1.807, 2.05) is 19.9 Å². The van der Waals surface area contributed by atoms with Crippen LogP contribution in [0.1, 0.15) is 29.8 Å². The van der Waals surface area contributed by atoms with Crippen LogP contribution in [0.2, 0.25) is 10.0 Å². The van der Waals surface area contributed by atoms with E-state index in [-0.39, 0.29) is 5.91 Å². The van der Waals surface area contributed by atoms with Gasteiger partial charge in [0.2, 0.25) is 5.91 Å². The molecule has 1 aliphatic rings. The van der Waals surface area contributed by atoms with Gasteiger partial charge in [0.15, 0.2) is 0 Å². The minimum Gasteiger partial charge on any atom is -0.354 e. The molecular formula is C18H22Cl2N4O. The summed E-state index contributed by atoms with van der Waals surface area (Å²) in [6, 6.07) is 5.78. The molecule has 0 saturated carbocycles. The van der Waals surface area contributed by atoms with Crippen LogP contribution in [0.25, 0.3) is 5.69 Å². The van der Waals surface area contributed by atoms with E-state index in [0.29, 0.717) is 29.1 Å². The lowest BCUT2D eigenvalue weighted by Gasteiger charge is -2.11. The maximum absolute atomic E-state index is 12.3. The van der Waals surface area contributed by atoms with Gasteiger partial charge in [-0.1, -0.05) is 23.2 Å². The highest BCUT2D eigenvalue weighted by atomic mass is 35.5. The van der Waals surface area contributed by atoms with Crippen LogP contribution >= 0.6 is 23.2 Å². The van der Waals surface area contributed by atoms with Crippen LogP contribution in [-0.4, -0.2) is 34.8 Å². The predicted molar refractivity (Wildman–Crippen MR) is 101 cm³/mol. The van der Waals surface area contributed by atoms with Crippen molar-refractivity contribution < 1.29 is 4.79 Å². The average molecular weight is 381 g/mol. The maximum atomic E-state index is 12.3. The van der Waals surface area contributed by atoms with E-state index in [1.54, 1.807) is 16.8 Å². The first kappa shape index (κ1) is 18.2. The van der Waals surface area contributed by atoms with Crippen molar-refractivity contribution in [3.8, 4) is 5.69 Å². The second-order valence-electron chi connectivity index (χ2n) is 6.43. The number of benzene rings is 1. The van der Waals surface area contributed by atoms with Crippen molar-refractivity contribution in [3.63, 3.8) is 0 Å². The third kappa shape index (κ3) is 4.17. The number of aryl methyl sites for hydroxylation is 1. The van der Waals surface area contributed by atoms with Crippen molar-refractivity contribution in [1.82, 2.24) is 20.4 Å². The molecule has 7 heteroatoms. The Balaban J connectivity index is 1.72. The molecule has 0 bridgehead atoms. The van der Waals surface area contributed by atoms with Gasteiger partial charge in [-0.05, 0) is 51.4 Å². The lowest BCUT2D eigenvalue weighted by atomic mass is 10.1. The molecule has 3 rings (SSSR count). The predicted octanol–water partition coefficient (Wildman–Crippen LogP) is 3.21. The van der Waals surface area contributed by atoms with E-state index in [4.69, 9.17) is 23.2 Å². The molecule has 134 valence electrons. The molecule has 2 N–H and O–H groups in total. The molecule has 1 atom stereocenters. The first-order chi connectivity index (χ1) is 12.0. The van der Waals surface area contributed by atoms with E-state index in [0.717, 1.165) is 35.6 Å². The number of nitrogens with one attached hydrogen (secondary N) is 2. The Morgan fingerprint density at radius 1 is 1.36 bits per heavy atom. The number of carbonyl (C=O) groups excluding carboxylic acids is 1. The number of amides is 1. The number of carbonyl (C=O) groups is 1. The zero-order valence-electron chi connectivity index (χ0n) is 14.4. The summed E-state index contributed by atoms with van der Waals surface area (Å²) in [6.45, 7) is 5.60. The summed E-state index contributed by atoms with van der Waals surface area (Å²) in [7, 11) is 0. The van der Waals surface area contributed by atoms with E-state index in [1.165, 1.54) is 6.42 Å². The monoisotopic (exact) mass is 380 g/mol. The molecule has 1 unspecified atom stereocenters. The molecule has 0 spiro atoms. The summed E-state index contributed by atoms with van der Waals surface area (Å²) in [5, 5.41) is 11.9. The van der Waals surface area contributed by atoms with E-state index in [2.05, 4.69) is 15.7 Å². The van der Waals surface area contributed by atoms with Crippen LogP contribution in [0.5, 0.6) is 0 Å². The van der Waals surface area contributed by atoms with Gasteiger partial charge in [-0.25, -0.2) is 4.68 Å². The van der Waals surface area contributed by atoms with Crippen LogP contribution in [0.3, 0.4) is 0 Å². The number of halogens is 2. The number of nitrogens with zero attached hydrogens (tertiary/aromatic N) is 2. The molecule has 1 aliphatic heterocycles. The van der Waals surface area contributed by atoms with Gasteiger partial charge >= 0.3 is 0 Å². The fraction of sp³-hybridized carbons (Fsp3) is 0.444. The van der Waals surface area contributed by atoms with Crippen LogP contribution in [0.4, 0.5) is 0 Å². The molecule has 25 heavy (non-hydrogen) atoms. The summed E-state index contributed by atoms with van der Waals surface area (Å²) in [6.07, 6.45) is 2.62. The molecule has 1 saturated heterocycles. The third-order valence-electron chi connectivity index (χ3n) is 4.63. The van der Waals surface area contributed by atoms with Crippen molar-refractivity contribution >= 4 is 29.1 Å². The van der Waals surface area contributed by atoms with Crippen molar-refractivity contribution in [2.75, 3.05) is 13.1 Å². The van der Waals surface area contributed by atoms with Gasteiger partial charge in [-0.2, -0.15) is 5.10 Å². The Kier molecular flexibility index (Phi) is 5.67. The normalized spacial score (nSPS) is 17.0. The first-order valence-corrected chi connectivity index (χ1v) is 9.22. The highest BCUT2D eigenvalue weighted by Gasteiger charge is 2.18. The smallest absolute Gasteiger partial charge is 0.224 e. The zero-order valence-corrected chi connectivity index (χ0v) is 15.9. The molecule has 1 fully saturated rings. The van der Waals surface area contributed by atoms with Gasteiger partial charge in [0.1, 0.15) is 0 Å². The molecule has 1 amide bonds. The minimum atomic E-state index is 0.0218. The van der Waals surface area contributed by atoms with Crippen LogP contribution in [-0.2, 0) is 11.2 Å². The van der Waals surface area contributed by atoms with E-state index >= 15 is 0 Å². The number of rotatable bonds is 5. The van der Waals surface area contributed by atoms with Gasteiger partial charge in [-0.15, -0.1) is 0 Å². The molecule has 2 heterocycles. The molecule has 5 nitrogen and oxygen atoms in total. The van der Waals surface area contributed by atoms with Gasteiger partial charge in [0.25, 0.3) is 0 Å². The number of hydrogen-bond acceptors (Lipinski definition) is 3. The van der Waals surface area contributed by atoms with Crippen LogP contribution < -0.4 is 10.6 Å². The summed E-state index contributed by atoms with van der Waals surface area (Å²) in [4.78, 5) is 12.3. The molecule has 0 aliphatic carbocycles. The average Bonchev–Trinajstić information content (AvgIpc) is 3.19. The molecule has 0 radical (unpaired) electrons. The van der Waals surface area contributed by atoms with Gasteiger partial charge in [0, 0.05) is 23.8 Å². The summed E-state index contributed by atoms with van der Waals surface area (Å²) in [5.41, 5.74) is 3.56. The molecule has 1 aromatic carbocycles. The number of aromatic nitrogens is 2. The van der Waals surface area contributed by atoms with Crippen LogP contribution in [0, 0.1) is 13.8 Å². The second-order valence-corrected chi connectivity index (χ2v) is 7.25. The Hall–Kier alpha value is -1.56.